The molecule has 0 radical (unpaired) electrons. The van der Waals surface area contributed by atoms with Crippen molar-refractivity contribution in [1.29, 1.82) is 5.26 Å². The molecule has 0 saturated carbocycles. The molecule has 0 aliphatic carbocycles. The molecule has 0 unspecified atom stereocenters. The third-order valence-corrected chi connectivity index (χ3v) is 5.24. The van der Waals surface area contributed by atoms with Gasteiger partial charge in [0.1, 0.15) is 17.2 Å². The fraction of sp³-hybridized carbons (Fsp3) is 0.280. The summed E-state index contributed by atoms with van der Waals surface area (Å²) in [6.07, 6.45) is -4.40. The van der Waals surface area contributed by atoms with Crippen molar-refractivity contribution in [2.75, 3.05) is 27.4 Å². The molecule has 13 heteroatoms. The van der Waals surface area contributed by atoms with Crippen LogP contribution >= 0.6 is 11.6 Å². The van der Waals surface area contributed by atoms with Crippen LogP contribution in [-0.2, 0) is 16.1 Å². The van der Waals surface area contributed by atoms with Crippen LogP contribution in [0.3, 0.4) is 0 Å². The van der Waals surface area contributed by atoms with Crippen LogP contribution < -0.4 is 9.47 Å². The highest BCUT2D eigenvalue weighted by Crippen LogP contribution is 2.27. The SMILES string of the molecule is C=N/C(=C(/C(=O)N(C)CCC#N)N(COc1cccc(OC(F)(F)F)c1)Cc1ccc(Cl)cc1)N(C)C=O. The van der Waals surface area contributed by atoms with Crippen molar-refractivity contribution in [3.05, 3.63) is 70.6 Å². The molecule has 202 valence electrons. The van der Waals surface area contributed by atoms with Gasteiger partial charge in [-0.3, -0.25) is 9.59 Å². The Bertz CT molecular complexity index is 1200. The second-order valence-electron chi connectivity index (χ2n) is 7.80. The predicted octanol–water partition coefficient (Wildman–Crippen LogP) is 4.41. The zero-order chi connectivity index (χ0) is 28.3. The van der Waals surface area contributed by atoms with Gasteiger partial charge in [0.25, 0.3) is 5.91 Å². The van der Waals surface area contributed by atoms with Crippen LogP contribution in [0.25, 0.3) is 0 Å². The van der Waals surface area contributed by atoms with Crippen molar-refractivity contribution in [3.63, 3.8) is 0 Å². The first-order chi connectivity index (χ1) is 18.0. The largest absolute Gasteiger partial charge is 0.573 e. The highest BCUT2D eigenvalue weighted by molar-refractivity contribution is 6.30. The van der Waals surface area contributed by atoms with Gasteiger partial charge >= 0.3 is 6.36 Å². The predicted molar refractivity (Wildman–Crippen MR) is 134 cm³/mol. The summed E-state index contributed by atoms with van der Waals surface area (Å²) >= 11 is 5.99. The first-order valence-electron chi connectivity index (χ1n) is 11.0. The summed E-state index contributed by atoms with van der Waals surface area (Å²) in [7, 11) is 2.85. The molecule has 2 aromatic rings. The number of likely N-dealkylation sites (N-methyl/N-ethyl adjacent to an activating group) is 1. The number of rotatable bonds is 13. The lowest BCUT2D eigenvalue weighted by Gasteiger charge is -2.31. The summed E-state index contributed by atoms with van der Waals surface area (Å²) in [5, 5.41) is 9.42. The Morgan fingerprint density at radius 2 is 1.84 bits per heavy atom. The van der Waals surface area contributed by atoms with Crippen LogP contribution in [0.4, 0.5) is 13.2 Å². The zero-order valence-corrected chi connectivity index (χ0v) is 21.4. The fourth-order valence-electron chi connectivity index (χ4n) is 3.19. The maximum Gasteiger partial charge on any atom is 0.573 e. The number of amides is 2. The van der Waals surface area contributed by atoms with Gasteiger partial charge in [-0.25, -0.2) is 4.99 Å². The summed E-state index contributed by atoms with van der Waals surface area (Å²) < 4.78 is 47.7. The molecule has 0 fully saturated rings. The Morgan fingerprint density at radius 3 is 2.42 bits per heavy atom. The molecule has 2 amide bonds. The molecule has 38 heavy (non-hydrogen) atoms. The first kappa shape index (κ1) is 30.0. The molecule has 0 atom stereocenters. The molecule has 0 heterocycles. The molecule has 2 rings (SSSR count). The number of nitriles is 1. The van der Waals surface area contributed by atoms with E-state index in [2.05, 4.69) is 16.4 Å². The van der Waals surface area contributed by atoms with E-state index in [9.17, 15) is 22.8 Å². The van der Waals surface area contributed by atoms with E-state index in [-0.39, 0.29) is 43.5 Å². The number of aliphatic imine (C=N–C) groups is 1. The van der Waals surface area contributed by atoms with Crippen molar-refractivity contribution in [2.45, 2.75) is 19.3 Å². The minimum atomic E-state index is -4.89. The molecule has 0 aliphatic heterocycles. The molecular weight excluding hydrogens is 527 g/mol. The average Bonchev–Trinajstić information content (AvgIpc) is 2.88. The van der Waals surface area contributed by atoms with Crippen molar-refractivity contribution in [1.82, 2.24) is 14.7 Å². The number of benzene rings is 2. The van der Waals surface area contributed by atoms with E-state index >= 15 is 0 Å². The topological polar surface area (TPSA) is 98.5 Å². The number of nitrogens with zero attached hydrogens (tertiary/aromatic N) is 5. The Kier molecular flexibility index (Phi) is 11.0. The first-order valence-corrected chi connectivity index (χ1v) is 11.4. The standard InChI is InChI=1S/C25H25ClF3N5O4/c1-31-23(33(3)16-35)22(24(36)32(2)13-5-12-30)34(15-18-8-10-19(26)11-9-18)17-37-20-6-4-7-21(14-20)38-25(27,28)29/h4,6-11,14,16H,1,5,13,15,17H2,2-3H3/b23-22+. The van der Waals surface area contributed by atoms with Crippen molar-refractivity contribution < 1.29 is 32.2 Å². The summed E-state index contributed by atoms with van der Waals surface area (Å²) in [6.45, 7) is 3.26. The van der Waals surface area contributed by atoms with Gasteiger partial charge in [-0.1, -0.05) is 29.8 Å². The number of hydrogen-bond donors (Lipinski definition) is 0. The van der Waals surface area contributed by atoms with Crippen molar-refractivity contribution >= 4 is 30.6 Å². The highest BCUT2D eigenvalue weighted by Gasteiger charge is 2.31. The maximum absolute atomic E-state index is 13.5. The molecule has 0 aliphatic rings. The van der Waals surface area contributed by atoms with Crippen LogP contribution in [-0.4, -0.2) is 67.5 Å². The van der Waals surface area contributed by atoms with Gasteiger partial charge in [-0.15, -0.1) is 13.2 Å². The Hall–Kier alpha value is -4.24. The maximum atomic E-state index is 13.5. The van der Waals surface area contributed by atoms with Gasteiger partial charge in [0.15, 0.2) is 12.6 Å². The molecular formula is C25H25ClF3N5O4. The van der Waals surface area contributed by atoms with E-state index in [1.165, 1.54) is 36.0 Å². The third kappa shape index (κ3) is 9.01. The lowest BCUT2D eigenvalue weighted by atomic mass is 10.2. The van der Waals surface area contributed by atoms with Crippen LogP contribution in [0, 0.1) is 11.3 Å². The van der Waals surface area contributed by atoms with Crippen LogP contribution in [0.1, 0.15) is 12.0 Å². The van der Waals surface area contributed by atoms with Gasteiger partial charge in [0.05, 0.1) is 12.5 Å². The smallest absolute Gasteiger partial charge is 0.473 e. The number of hydrogen-bond acceptors (Lipinski definition) is 7. The monoisotopic (exact) mass is 551 g/mol. The van der Waals surface area contributed by atoms with Gasteiger partial charge < -0.3 is 24.2 Å². The Balaban J connectivity index is 2.53. The van der Waals surface area contributed by atoms with Crippen LogP contribution in [0.2, 0.25) is 5.02 Å². The molecule has 2 aromatic carbocycles. The van der Waals surface area contributed by atoms with Gasteiger partial charge in [0, 0.05) is 38.3 Å². The van der Waals surface area contributed by atoms with Crippen LogP contribution in [0.5, 0.6) is 11.5 Å². The average molecular weight is 552 g/mol. The van der Waals surface area contributed by atoms with E-state index in [1.54, 1.807) is 24.3 Å². The summed E-state index contributed by atoms with van der Waals surface area (Å²) in [6, 6.07) is 13.5. The van der Waals surface area contributed by atoms with Gasteiger partial charge in [-0.05, 0) is 36.5 Å². The molecule has 9 nitrogen and oxygen atoms in total. The normalized spacial score (nSPS) is 11.5. The van der Waals surface area contributed by atoms with Gasteiger partial charge in [-0.2, -0.15) is 5.26 Å². The van der Waals surface area contributed by atoms with E-state index in [4.69, 9.17) is 21.6 Å². The fourth-order valence-corrected chi connectivity index (χ4v) is 3.31. The number of ether oxygens (including phenoxy) is 2. The van der Waals surface area contributed by atoms with Crippen molar-refractivity contribution in [3.8, 4) is 17.6 Å². The van der Waals surface area contributed by atoms with E-state index in [0.29, 0.717) is 17.0 Å². The summed E-state index contributed by atoms with van der Waals surface area (Å²) in [5.41, 5.74) is 0.599. The minimum absolute atomic E-state index is 0.0225. The molecule has 0 N–H and O–H groups in total. The summed E-state index contributed by atoms with van der Waals surface area (Å²) in [5.74, 6) is -1.16. The van der Waals surface area contributed by atoms with Crippen molar-refractivity contribution in [2.24, 2.45) is 4.99 Å². The number of carbonyl (C=O) groups excluding carboxylic acids is 2. The minimum Gasteiger partial charge on any atom is -0.473 e. The lowest BCUT2D eigenvalue weighted by Crippen LogP contribution is -2.40. The highest BCUT2D eigenvalue weighted by atomic mass is 35.5. The van der Waals surface area contributed by atoms with Gasteiger partial charge in [0.2, 0.25) is 6.41 Å². The quantitative estimate of drug-likeness (QED) is 0.158. The number of carbonyl (C=O) groups is 2. The molecule has 0 saturated heterocycles. The summed E-state index contributed by atoms with van der Waals surface area (Å²) in [4.78, 5) is 32.8. The Morgan fingerprint density at radius 1 is 1.18 bits per heavy atom. The van der Waals surface area contributed by atoms with Crippen LogP contribution in [0.15, 0.2) is 65.0 Å². The zero-order valence-electron chi connectivity index (χ0n) is 20.6. The van der Waals surface area contributed by atoms with E-state index in [0.717, 1.165) is 17.0 Å². The lowest BCUT2D eigenvalue weighted by molar-refractivity contribution is -0.274. The molecule has 0 bridgehead atoms. The molecule has 0 aromatic heterocycles. The Labute approximate surface area is 222 Å². The third-order valence-electron chi connectivity index (χ3n) is 4.99. The van der Waals surface area contributed by atoms with E-state index < -0.39 is 18.0 Å². The molecule has 0 spiro atoms. The second-order valence-corrected chi connectivity index (χ2v) is 8.24. The number of halogens is 4. The van der Waals surface area contributed by atoms with E-state index in [1.807, 2.05) is 6.07 Å². The number of alkyl halides is 3. The second kappa shape index (κ2) is 13.9.